The number of anilines is 1. The molecule has 2 aromatic carbocycles. The van der Waals surface area contributed by atoms with E-state index in [1.807, 2.05) is 0 Å². The number of rotatable bonds is 4. The number of nitrogens with zero attached hydrogens (tertiary/aromatic N) is 1. The number of halogens is 2. The van der Waals surface area contributed by atoms with Crippen LogP contribution in [0.2, 0.25) is 0 Å². The zero-order valence-electron chi connectivity index (χ0n) is 15.1. The molecule has 1 heterocycles. The van der Waals surface area contributed by atoms with Crippen LogP contribution in [0.4, 0.5) is 10.1 Å². The van der Waals surface area contributed by atoms with E-state index in [-0.39, 0.29) is 33.9 Å². The van der Waals surface area contributed by atoms with E-state index in [0.717, 1.165) is 0 Å². The predicted octanol–water partition coefficient (Wildman–Crippen LogP) is 3.23. The molecule has 2 atom stereocenters. The van der Waals surface area contributed by atoms with Crippen molar-refractivity contribution in [1.82, 2.24) is 4.31 Å². The van der Waals surface area contributed by atoms with Gasteiger partial charge in [0.1, 0.15) is 5.82 Å². The van der Waals surface area contributed by atoms with Crippen LogP contribution < -0.4 is 5.32 Å². The largest absolute Gasteiger partial charge is 0.393 e. The van der Waals surface area contributed by atoms with Gasteiger partial charge >= 0.3 is 0 Å². The van der Waals surface area contributed by atoms with Gasteiger partial charge in [-0.1, -0.05) is 13.0 Å². The van der Waals surface area contributed by atoms with E-state index >= 15 is 0 Å². The third kappa shape index (κ3) is 4.43. The van der Waals surface area contributed by atoms with E-state index in [2.05, 4.69) is 21.2 Å². The van der Waals surface area contributed by atoms with Gasteiger partial charge in [-0.3, -0.25) is 4.79 Å². The zero-order chi connectivity index (χ0) is 20.5. The van der Waals surface area contributed by atoms with E-state index in [9.17, 15) is 22.7 Å². The second kappa shape index (κ2) is 8.28. The van der Waals surface area contributed by atoms with Gasteiger partial charge in [-0.15, -0.1) is 0 Å². The van der Waals surface area contributed by atoms with Crippen LogP contribution in [-0.4, -0.2) is 42.9 Å². The molecule has 2 aromatic rings. The molecule has 1 aliphatic heterocycles. The maximum absolute atomic E-state index is 13.3. The Morgan fingerprint density at radius 1 is 1.29 bits per heavy atom. The third-order valence-corrected chi connectivity index (χ3v) is 7.20. The Balaban J connectivity index is 1.81. The fourth-order valence-electron chi connectivity index (χ4n) is 3.04. The predicted molar refractivity (Wildman–Crippen MR) is 107 cm³/mol. The second-order valence-electron chi connectivity index (χ2n) is 6.81. The van der Waals surface area contributed by atoms with Crippen molar-refractivity contribution < 1.29 is 22.7 Å². The molecule has 0 aliphatic carbocycles. The lowest BCUT2D eigenvalue weighted by molar-refractivity contribution is 0.0628. The highest BCUT2D eigenvalue weighted by molar-refractivity contribution is 9.10. The summed E-state index contributed by atoms with van der Waals surface area (Å²) >= 11 is 3.05. The SMILES string of the molecule is CC1CN(S(=O)(=O)c2cccc(C(=O)Nc3ccc(F)c(Br)c3)c2)CCC1O. The molecule has 6 nitrogen and oxygen atoms in total. The molecule has 2 N–H and O–H groups in total. The Bertz CT molecular complexity index is 999. The summed E-state index contributed by atoms with van der Waals surface area (Å²) in [6, 6.07) is 9.83. The molecule has 0 radical (unpaired) electrons. The number of amides is 1. The maximum Gasteiger partial charge on any atom is 0.255 e. The van der Waals surface area contributed by atoms with Crippen LogP contribution in [-0.2, 0) is 10.0 Å². The number of sulfonamides is 1. The molecule has 9 heteroatoms. The minimum atomic E-state index is -3.77. The summed E-state index contributed by atoms with van der Waals surface area (Å²) in [7, 11) is -3.77. The van der Waals surface area contributed by atoms with Crippen LogP contribution >= 0.6 is 15.9 Å². The average molecular weight is 471 g/mol. The summed E-state index contributed by atoms with van der Waals surface area (Å²) < 4.78 is 40.7. The summed E-state index contributed by atoms with van der Waals surface area (Å²) in [5.74, 6) is -1.11. The summed E-state index contributed by atoms with van der Waals surface area (Å²) in [5.41, 5.74) is 0.553. The highest BCUT2D eigenvalue weighted by Crippen LogP contribution is 2.25. The minimum absolute atomic E-state index is 0.0176. The summed E-state index contributed by atoms with van der Waals surface area (Å²) in [4.78, 5) is 12.5. The molecule has 2 unspecified atom stereocenters. The number of carbonyl (C=O) groups is 1. The Morgan fingerprint density at radius 2 is 2.04 bits per heavy atom. The normalized spacial score (nSPS) is 20.7. The number of nitrogens with one attached hydrogen (secondary N) is 1. The smallest absolute Gasteiger partial charge is 0.255 e. The standard InChI is InChI=1S/C19H20BrFN2O4S/c1-12-11-23(8-7-18(12)24)28(26,27)15-4-2-3-13(9-15)19(25)22-14-5-6-17(21)16(20)10-14/h2-6,9-10,12,18,24H,7-8,11H2,1H3,(H,22,25). The van der Waals surface area contributed by atoms with Gasteiger partial charge in [-0.05, 0) is 64.7 Å². The first-order valence-corrected chi connectivity index (χ1v) is 11.0. The Morgan fingerprint density at radius 3 is 2.71 bits per heavy atom. The van der Waals surface area contributed by atoms with E-state index in [4.69, 9.17) is 0 Å². The zero-order valence-corrected chi connectivity index (χ0v) is 17.5. The van der Waals surface area contributed by atoms with Gasteiger partial charge in [0.2, 0.25) is 10.0 Å². The lowest BCUT2D eigenvalue weighted by Crippen LogP contribution is -2.44. The van der Waals surface area contributed by atoms with Gasteiger partial charge in [-0.2, -0.15) is 4.31 Å². The van der Waals surface area contributed by atoms with Gasteiger partial charge in [0.25, 0.3) is 5.91 Å². The average Bonchev–Trinajstić information content (AvgIpc) is 2.67. The lowest BCUT2D eigenvalue weighted by Gasteiger charge is -2.33. The number of hydrogen-bond donors (Lipinski definition) is 2. The van der Waals surface area contributed by atoms with Crippen molar-refractivity contribution in [3.05, 3.63) is 58.3 Å². The molecule has 3 rings (SSSR count). The Kier molecular flexibility index (Phi) is 6.18. The number of carbonyl (C=O) groups excluding carboxylic acids is 1. The Labute approximate surface area is 171 Å². The van der Waals surface area contributed by atoms with Gasteiger partial charge in [0.15, 0.2) is 0 Å². The van der Waals surface area contributed by atoms with E-state index < -0.39 is 27.9 Å². The summed E-state index contributed by atoms with van der Waals surface area (Å²) in [6.07, 6.45) is -0.140. The first kappa shape index (κ1) is 20.9. The minimum Gasteiger partial charge on any atom is -0.393 e. The van der Waals surface area contributed by atoms with E-state index in [1.165, 1.54) is 46.8 Å². The van der Waals surface area contributed by atoms with Crippen LogP contribution in [0.15, 0.2) is 51.8 Å². The van der Waals surface area contributed by atoms with Crippen LogP contribution in [0.25, 0.3) is 0 Å². The molecule has 1 aliphatic rings. The molecule has 150 valence electrons. The molecule has 0 aromatic heterocycles. The Hall–Kier alpha value is -1.81. The number of hydrogen-bond acceptors (Lipinski definition) is 4. The second-order valence-corrected chi connectivity index (χ2v) is 9.60. The quantitative estimate of drug-likeness (QED) is 0.717. The van der Waals surface area contributed by atoms with E-state index in [1.54, 1.807) is 6.92 Å². The van der Waals surface area contributed by atoms with Gasteiger partial charge in [0, 0.05) is 24.3 Å². The van der Waals surface area contributed by atoms with Gasteiger partial charge in [0.05, 0.1) is 15.5 Å². The van der Waals surface area contributed by atoms with E-state index in [0.29, 0.717) is 12.1 Å². The van der Waals surface area contributed by atoms with Crippen molar-refractivity contribution in [3.63, 3.8) is 0 Å². The van der Waals surface area contributed by atoms with Gasteiger partial charge < -0.3 is 10.4 Å². The van der Waals surface area contributed by atoms with Crippen molar-refractivity contribution >= 4 is 37.5 Å². The molecule has 1 fully saturated rings. The highest BCUT2D eigenvalue weighted by Gasteiger charge is 2.32. The number of aliphatic hydroxyl groups is 1. The molecule has 0 bridgehead atoms. The van der Waals surface area contributed by atoms with Crippen LogP contribution in [0.3, 0.4) is 0 Å². The first-order valence-electron chi connectivity index (χ1n) is 8.73. The number of benzene rings is 2. The van der Waals surface area contributed by atoms with Crippen LogP contribution in [0.1, 0.15) is 23.7 Å². The monoisotopic (exact) mass is 470 g/mol. The topological polar surface area (TPSA) is 86.7 Å². The molecule has 1 amide bonds. The molecule has 1 saturated heterocycles. The summed E-state index contributed by atoms with van der Waals surface area (Å²) in [5, 5.41) is 12.4. The molecule has 28 heavy (non-hydrogen) atoms. The fraction of sp³-hybridized carbons (Fsp3) is 0.316. The van der Waals surface area contributed by atoms with Crippen molar-refractivity contribution in [2.24, 2.45) is 5.92 Å². The third-order valence-electron chi connectivity index (χ3n) is 4.73. The molecular weight excluding hydrogens is 451 g/mol. The number of piperidine rings is 1. The molecule has 0 saturated carbocycles. The maximum atomic E-state index is 13.3. The van der Waals surface area contributed by atoms with Crippen molar-refractivity contribution in [1.29, 1.82) is 0 Å². The van der Waals surface area contributed by atoms with Crippen LogP contribution in [0, 0.1) is 11.7 Å². The lowest BCUT2D eigenvalue weighted by atomic mass is 9.99. The van der Waals surface area contributed by atoms with Gasteiger partial charge in [-0.25, -0.2) is 12.8 Å². The van der Waals surface area contributed by atoms with Crippen molar-refractivity contribution in [2.75, 3.05) is 18.4 Å². The number of aliphatic hydroxyl groups excluding tert-OH is 1. The van der Waals surface area contributed by atoms with Crippen molar-refractivity contribution in [3.8, 4) is 0 Å². The fourth-order valence-corrected chi connectivity index (χ4v) is 5.02. The van der Waals surface area contributed by atoms with Crippen LogP contribution in [0.5, 0.6) is 0 Å². The molecular formula is C19H20BrFN2O4S. The summed E-state index contributed by atoms with van der Waals surface area (Å²) in [6.45, 7) is 2.26. The molecule has 0 spiro atoms. The first-order chi connectivity index (χ1) is 13.2. The van der Waals surface area contributed by atoms with Crippen molar-refractivity contribution in [2.45, 2.75) is 24.3 Å². The highest BCUT2D eigenvalue weighted by atomic mass is 79.9.